The van der Waals surface area contributed by atoms with Crippen molar-refractivity contribution in [2.75, 3.05) is 0 Å². The summed E-state index contributed by atoms with van der Waals surface area (Å²) in [4.78, 5) is 26.7. The largest absolute Gasteiger partial charge is 0.445 e. The van der Waals surface area contributed by atoms with Gasteiger partial charge < -0.3 is 10.1 Å². The maximum atomic E-state index is 13.5. The second-order valence-electron chi connectivity index (χ2n) is 11.8. The topological polar surface area (TPSA) is 55.4 Å². The first-order valence-electron chi connectivity index (χ1n) is 15.5. The predicted octanol–water partition coefficient (Wildman–Crippen LogP) is 8.61. The molecular weight excluding hydrogens is 522 g/mol. The highest BCUT2D eigenvalue weighted by atomic mass is 28.3. The van der Waals surface area contributed by atoms with E-state index in [4.69, 9.17) is 4.74 Å². The van der Waals surface area contributed by atoms with Crippen molar-refractivity contribution in [1.29, 1.82) is 0 Å². The number of carbonyl (C=O) groups excluding carboxylic acids is 2. The van der Waals surface area contributed by atoms with Crippen LogP contribution in [0.2, 0.25) is 18.6 Å². The van der Waals surface area contributed by atoms with Crippen LogP contribution in [0.5, 0.6) is 0 Å². The summed E-state index contributed by atoms with van der Waals surface area (Å²) in [6.07, 6.45) is 9.65. The molecule has 0 aliphatic heterocycles. The van der Waals surface area contributed by atoms with Crippen molar-refractivity contribution >= 4 is 25.1 Å². The number of carbonyl (C=O) groups is 2. The van der Waals surface area contributed by atoms with Gasteiger partial charge in [0.2, 0.25) is 0 Å². The number of benzene rings is 3. The average molecular weight is 572 g/mol. The van der Waals surface area contributed by atoms with Gasteiger partial charge in [-0.15, -0.1) is 0 Å². The third kappa shape index (κ3) is 11.3. The fraction of sp³-hybridized carbons (Fsp3) is 0.444. The van der Waals surface area contributed by atoms with Gasteiger partial charge in [-0.3, -0.25) is 4.79 Å². The van der Waals surface area contributed by atoms with Gasteiger partial charge in [0.25, 0.3) is 0 Å². The third-order valence-corrected chi connectivity index (χ3v) is 12.5. The average Bonchev–Trinajstić information content (AvgIpc) is 2.99. The van der Waals surface area contributed by atoms with Crippen molar-refractivity contribution in [3.8, 4) is 0 Å². The molecule has 3 aromatic rings. The van der Waals surface area contributed by atoms with Gasteiger partial charge in [-0.05, 0) is 29.5 Å². The summed E-state index contributed by atoms with van der Waals surface area (Å²) < 4.78 is 5.67. The van der Waals surface area contributed by atoms with Crippen LogP contribution in [0.25, 0.3) is 0 Å². The monoisotopic (exact) mass is 571 g/mol. The molecule has 2 atom stereocenters. The highest BCUT2D eigenvalue weighted by molar-refractivity contribution is 6.91. The van der Waals surface area contributed by atoms with Crippen LogP contribution in [-0.2, 0) is 22.6 Å². The van der Waals surface area contributed by atoms with E-state index in [-0.39, 0.29) is 18.2 Å². The first-order valence-corrected chi connectivity index (χ1v) is 18.6. The Bertz CT molecular complexity index is 1150. The summed E-state index contributed by atoms with van der Waals surface area (Å²) in [6, 6.07) is 30.3. The Hall–Kier alpha value is -3.18. The molecule has 0 spiro atoms. The molecule has 0 saturated carbocycles. The van der Waals surface area contributed by atoms with Gasteiger partial charge >= 0.3 is 6.09 Å². The Morgan fingerprint density at radius 2 is 1.27 bits per heavy atom. The van der Waals surface area contributed by atoms with E-state index in [1.807, 2.05) is 54.6 Å². The molecule has 3 aromatic carbocycles. The molecule has 0 fully saturated rings. The molecular formula is C36H49NO3Si. The van der Waals surface area contributed by atoms with Crippen LogP contribution in [0.1, 0.15) is 75.8 Å². The predicted molar refractivity (Wildman–Crippen MR) is 173 cm³/mol. The van der Waals surface area contributed by atoms with Gasteiger partial charge in [0.05, 0.1) is 8.07 Å². The van der Waals surface area contributed by atoms with Crippen molar-refractivity contribution in [3.05, 3.63) is 102 Å². The number of rotatable bonds is 18. The smallest absolute Gasteiger partial charge is 0.407 e. The van der Waals surface area contributed by atoms with Crippen LogP contribution >= 0.6 is 0 Å². The van der Waals surface area contributed by atoms with Gasteiger partial charge in [-0.1, -0.05) is 155 Å². The number of unbranched alkanes of at least 4 members (excludes halogenated alkanes) is 6. The maximum absolute atomic E-state index is 13.5. The SMILES string of the molecule is CCCCCCCCCC(=O)C[C@@H]([C@H](Cc1ccccc1)NC(=O)OCc1ccccc1)[Si](C)(C)c1ccccc1. The van der Waals surface area contributed by atoms with E-state index in [9.17, 15) is 9.59 Å². The quantitative estimate of drug-likeness (QED) is 0.123. The number of Topliss-reactive ketones (excluding diaryl/α,β-unsaturated/α-hetero) is 1. The molecule has 5 heteroatoms. The molecule has 3 rings (SSSR count). The second kappa shape index (κ2) is 17.6. The zero-order valence-electron chi connectivity index (χ0n) is 25.3. The molecule has 0 aliphatic rings. The Balaban J connectivity index is 1.78. The van der Waals surface area contributed by atoms with Gasteiger partial charge in [0, 0.05) is 18.9 Å². The van der Waals surface area contributed by atoms with E-state index >= 15 is 0 Å². The zero-order chi connectivity index (χ0) is 29.3. The number of hydrogen-bond donors (Lipinski definition) is 1. The highest BCUT2D eigenvalue weighted by Gasteiger charge is 2.40. The van der Waals surface area contributed by atoms with Gasteiger partial charge in [0.1, 0.15) is 12.4 Å². The molecule has 0 radical (unpaired) electrons. The van der Waals surface area contributed by atoms with Crippen molar-refractivity contribution in [1.82, 2.24) is 5.32 Å². The van der Waals surface area contributed by atoms with Crippen molar-refractivity contribution in [3.63, 3.8) is 0 Å². The van der Waals surface area contributed by atoms with E-state index in [1.165, 1.54) is 37.3 Å². The minimum absolute atomic E-state index is 0.0198. The lowest BCUT2D eigenvalue weighted by Gasteiger charge is -2.39. The summed E-state index contributed by atoms with van der Waals surface area (Å²) in [6.45, 7) is 7.12. The molecule has 0 unspecified atom stereocenters. The van der Waals surface area contributed by atoms with Crippen LogP contribution in [-0.4, -0.2) is 26.0 Å². The first-order chi connectivity index (χ1) is 19.9. The van der Waals surface area contributed by atoms with Crippen molar-refractivity contribution in [2.45, 2.75) is 102 Å². The van der Waals surface area contributed by atoms with Crippen LogP contribution in [0.4, 0.5) is 4.79 Å². The number of amides is 1. The number of hydrogen-bond acceptors (Lipinski definition) is 3. The van der Waals surface area contributed by atoms with E-state index in [1.54, 1.807) is 0 Å². The number of ketones is 1. The van der Waals surface area contributed by atoms with Crippen LogP contribution in [0.15, 0.2) is 91.0 Å². The lowest BCUT2D eigenvalue weighted by atomic mass is 9.98. The normalized spacial score (nSPS) is 12.9. The van der Waals surface area contributed by atoms with E-state index < -0.39 is 14.2 Å². The molecule has 0 aliphatic carbocycles. The minimum Gasteiger partial charge on any atom is -0.445 e. The second-order valence-corrected chi connectivity index (χ2v) is 16.6. The van der Waals surface area contributed by atoms with Gasteiger partial charge in [-0.25, -0.2) is 4.79 Å². The van der Waals surface area contributed by atoms with Crippen LogP contribution in [0.3, 0.4) is 0 Å². The molecule has 1 N–H and O–H groups in total. The number of ether oxygens (including phenoxy) is 1. The number of alkyl carbamates (subject to hydrolysis) is 1. The molecule has 0 aromatic heterocycles. The van der Waals surface area contributed by atoms with Crippen molar-refractivity contribution < 1.29 is 14.3 Å². The van der Waals surface area contributed by atoms with Crippen LogP contribution in [0, 0.1) is 0 Å². The maximum Gasteiger partial charge on any atom is 0.407 e. The lowest BCUT2D eigenvalue weighted by molar-refractivity contribution is -0.119. The fourth-order valence-electron chi connectivity index (χ4n) is 5.69. The highest BCUT2D eigenvalue weighted by Crippen LogP contribution is 2.32. The van der Waals surface area contributed by atoms with Crippen molar-refractivity contribution in [2.24, 2.45) is 0 Å². The Morgan fingerprint density at radius 1 is 0.732 bits per heavy atom. The number of nitrogens with one attached hydrogen (secondary N) is 1. The summed E-state index contributed by atoms with van der Waals surface area (Å²) in [5.41, 5.74) is 2.11. The summed E-state index contributed by atoms with van der Waals surface area (Å²) in [5, 5.41) is 4.53. The molecule has 220 valence electrons. The first kappa shape index (κ1) is 32.3. The Kier molecular flexibility index (Phi) is 13.9. The van der Waals surface area contributed by atoms with E-state index in [0.29, 0.717) is 25.0 Å². The third-order valence-electron chi connectivity index (χ3n) is 8.25. The minimum atomic E-state index is -2.20. The lowest BCUT2D eigenvalue weighted by Crippen LogP contribution is -2.55. The van der Waals surface area contributed by atoms with Gasteiger partial charge in [0.15, 0.2) is 0 Å². The summed E-state index contributed by atoms with van der Waals surface area (Å²) >= 11 is 0. The zero-order valence-corrected chi connectivity index (χ0v) is 26.3. The molecule has 0 bridgehead atoms. The van der Waals surface area contributed by atoms with Crippen LogP contribution < -0.4 is 10.5 Å². The fourth-order valence-corrected chi connectivity index (χ4v) is 9.11. The molecule has 0 heterocycles. The summed E-state index contributed by atoms with van der Waals surface area (Å²) in [5.74, 6) is 0.303. The molecule has 4 nitrogen and oxygen atoms in total. The molecule has 1 amide bonds. The van der Waals surface area contributed by atoms with Gasteiger partial charge in [-0.2, -0.15) is 0 Å². The summed E-state index contributed by atoms with van der Waals surface area (Å²) in [7, 11) is -2.20. The Labute approximate surface area is 248 Å². The molecule has 41 heavy (non-hydrogen) atoms. The van der Waals surface area contributed by atoms with E-state index in [2.05, 4.69) is 61.7 Å². The van der Waals surface area contributed by atoms with E-state index in [0.717, 1.165) is 24.0 Å². The Morgan fingerprint density at radius 3 is 1.88 bits per heavy atom. The molecule has 0 saturated heterocycles. The standard InChI is InChI=1S/C36H49NO3Si/c1-4-5-6-7-8-9-17-24-32(38)28-35(41(2,3)33-25-18-12-19-26-33)34(27-30-20-13-10-14-21-30)37-36(39)40-29-31-22-15-11-16-23-31/h10-16,18-23,25-26,34-35H,4-9,17,24,27-29H2,1-3H3,(H,37,39)/t34-,35-/m0/s1.